The van der Waals surface area contributed by atoms with E-state index >= 15 is 0 Å². The molecule has 8 nitrogen and oxygen atoms in total. The van der Waals surface area contributed by atoms with Crippen molar-refractivity contribution in [3.8, 4) is 0 Å². The van der Waals surface area contributed by atoms with Gasteiger partial charge in [-0.25, -0.2) is 19.9 Å². The Balaban J connectivity index is 1.43. The number of hydrogen-bond donors (Lipinski definition) is 1. The van der Waals surface area contributed by atoms with E-state index in [-0.39, 0.29) is 0 Å². The van der Waals surface area contributed by atoms with Crippen LogP contribution in [0.5, 0.6) is 0 Å². The predicted molar refractivity (Wildman–Crippen MR) is 110 cm³/mol. The topological polar surface area (TPSA) is 79.3 Å². The van der Waals surface area contributed by atoms with Crippen molar-refractivity contribution in [1.82, 2.24) is 19.9 Å². The summed E-state index contributed by atoms with van der Waals surface area (Å²) in [6.07, 6.45) is 5.76. The average Bonchev–Trinajstić information content (AvgIpc) is 2.75. The zero-order valence-electron chi connectivity index (χ0n) is 16.7. The van der Waals surface area contributed by atoms with Crippen molar-refractivity contribution in [2.24, 2.45) is 0 Å². The van der Waals surface area contributed by atoms with E-state index in [0.717, 1.165) is 75.5 Å². The molecule has 0 bridgehead atoms. The van der Waals surface area contributed by atoms with Gasteiger partial charge >= 0.3 is 0 Å². The van der Waals surface area contributed by atoms with Crippen molar-refractivity contribution in [3.05, 3.63) is 30.5 Å². The molecule has 1 N–H and O–H groups in total. The Bertz CT molecular complexity index is 779. The number of nitrogens with one attached hydrogen (secondary N) is 1. The molecule has 2 aliphatic rings. The van der Waals surface area contributed by atoms with Gasteiger partial charge in [0.1, 0.15) is 29.6 Å². The molecule has 2 saturated heterocycles. The highest BCUT2D eigenvalue weighted by atomic mass is 16.5. The van der Waals surface area contributed by atoms with Gasteiger partial charge in [0, 0.05) is 50.4 Å². The zero-order valence-corrected chi connectivity index (χ0v) is 16.7. The fraction of sp³-hybridized carbons (Fsp3) is 0.600. The highest BCUT2D eigenvalue weighted by Gasteiger charge is 2.22. The van der Waals surface area contributed by atoms with E-state index in [2.05, 4.69) is 55.0 Å². The van der Waals surface area contributed by atoms with Crippen molar-refractivity contribution >= 4 is 17.5 Å². The number of piperidine rings is 1. The van der Waals surface area contributed by atoms with Crippen LogP contribution in [0.25, 0.3) is 0 Å². The van der Waals surface area contributed by atoms with Crippen LogP contribution in [0.4, 0.5) is 17.5 Å². The third-order valence-corrected chi connectivity index (χ3v) is 5.26. The molecular formula is C20H29N7O. The van der Waals surface area contributed by atoms with E-state index < -0.39 is 0 Å². The average molecular weight is 384 g/mol. The Morgan fingerprint density at radius 2 is 1.86 bits per heavy atom. The van der Waals surface area contributed by atoms with E-state index in [1.54, 1.807) is 6.33 Å². The third-order valence-electron chi connectivity index (χ3n) is 5.26. The van der Waals surface area contributed by atoms with Gasteiger partial charge in [0.25, 0.3) is 0 Å². The van der Waals surface area contributed by atoms with Gasteiger partial charge in [-0.15, -0.1) is 0 Å². The molecule has 0 aromatic carbocycles. The maximum atomic E-state index is 5.45. The summed E-state index contributed by atoms with van der Waals surface area (Å²) in [4.78, 5) is 22.6. The highest BCUT2D eigenvalue weighted by molar-refractivity contribution is 5.51. The molecule has 4 heterocycles. The fourth-order valence-electron chi connectivity index (χ4n) is 3.72. The lowest BCUT2D eigenvalue weighted by Crippen LogP contribution is -2.43. The van der Waals surface area contributed by atoms with E-state index in [1.807, 2.05) is 12.3 Å². The van der Waals surface area contributed by atoms with E-state index in [0.29, 0.717) is 12.0 Å². The molecule has 4 rings (SSSR count). The lowest BCUT2D eigenvalue weighted by molar-refractivity contribution is 0.122. The predicted octanol–water partition coefficient (Wildman–Crippen LogP) is 2.31. The molecule has 2 fully saturated rings. The van der Waals surface area contributed by atoms with Gasteiger partial charge in [0.15, 0.2) is 0 Å². The molecule has 0 amide bonds. The second kappa shape index (κ2) is 8.68. The molecule has 150 valence electrons. The fourth-order valence-corrected chi connectivity index (χ4v) is 3.72. The Labute approximate surface area is 166 Å². The summed E-state index contributed by atoms with van der Waals surface area (Å²) >= 11 is 0. The maximum absolute atomic E-state index is 5.45. The minimum absolute atomic E-state index is 0.323. The SMILES string of the molecule is CC(C)c1nccc(NC2CCCN(c3cc(N4CCOCC4)ncn3)C2)n1. The van der Waals surface area contributed by atoms with Crippen molar-refractivity contribution in [3.63, 3.8) is 0 Å². The lowest BCUT2D eigenvalue weighted by atomic mass is 10.1. The van der Waals surface area contributed by atoms with Crippen LogP contribution in [0.15, 0.2) is 24.7 Å². The first-order valence-corrected chi connectivity index (χ1v) is 10.2. The Morgan fingerprint density at radius 1 is 1.07 bits per heavy atom. The smallest absolute Gasteiger partial charge is 0.134 e. The summed E-state index contributed by atoms with van der Waals surface area (Å²) in [6.45, 7) is 9.42. The maximum Gasteiger partial charge on any atom is 0.134 e. The lowest BCUT2D eigenvalue weighted by Gasteiger charge is -2.35. The molecule has 1 unspecified atom stereocenters. The van der Waals surface area contributed by atoms with E-state index in [4.69, 9.17) is 4.74 Å². The second-order valence-electron chi connectivity index (χ2n) is 7.72. The molecule has 0 aliphatic carbocycles. The molecule has 0 saturated carbocycles. The summed E-state index contributed by atoms with van der Waals surface area (Å²) in [5.41, 5.74) is 0. The first kappa shape index (κ1) is 18.9. The Morgan fingerprint density at radius 3 is 2.64 bits per heavy atom. The molecule has 8 heteroatoms. The van der Waals surface area contributed by atoms with Crippen molar-refractivity contribution in [1.29, 1.82) is 0 Å². The summed E-state index contributed by atoms with van der Waals surface area (Å²) in [5, 5.41) is 3.59. The van der Waals surface area contributed by atoms with Crippen LogP contribution < -0.4 is 15.1 Å². The first-order valence-electron chi connectivity index (χ1n) is 10.2. The number of nitrogens with zero attached hydrogens (tertiary/aromatic N) is 6. The Kier molecular flexibility index (Phi) is 5.85. The molecular weight excluding hydrogens is 354 g/mol. The number of rotatable bonds is 5. The van der Waals surface area contributed by atoms with Crippen LogP contribution in [0.2, 0.25) is 0 Å². The van der Waals surface area contributed by atoms with Gasteiger partial charge in [-0.2, -0.15) is 0 Å². The van der Waals surface area contributed by atoms with Gasteiger partial charge in [-0.05, 0) is 18.9 Å². The van der Waals surface area contributed by atoms with Crippen LogP contribution in [0.1, 0.15) is 38.4 Å². The van der Waals surface area contributed by atoms with Crippen LogP contribution in [-0.4, -0.2) is 65.4 Å². The number of aromatic nitrogens is 4. The van der Waals surface area contributed by atoms with Crippen molar-refractivity contribution in [2.75, 3.05) is 54.5 Å². The molecule has 1 atom stereocenters. The molecule has 2 aromatic heterocycles. The summed E-state index contributed by atoms with van der Waals surface area (Å²) in [5.74, 6) is 4.09. The number of morpholine rings is 1. The largest absolute Gasteiger partial charge is 0.378 e. The van der Waals surface area contributed by atoms with Crippen LogP contribution in [0.3, 0.4) is 0 Å². The summed E-state index contributed by atoms with van der Waals surface area (Å²) in [6, 6.07) is 4.40. The number of anilines is 3. The summed E-state index contributed by atoms with van der Waals surface area (Å²) < 4.78 is 5.45. The zero-order chi connectivity index (χ0) is 19.3. The molecule has 2 aliphatic heterocycles. The second-order valence-corrected chi connectivity index (χ2v) is 7.72. The van der Waals surface area contributed by atoms with Crippen LogP contribution in [-0.2, 0) is 4.74 Å². The van der Waals surface area contributed by atoms with Gasteiger partial charge in [-0.3, -0.25) is 0 Å². The number of hydrogen-bond acceptors (Lipinski definition) is 8. The molecule has 0 spiro atoms. The summed E-state index contributed by atoms with van der Waals surface area (Å²) in [7, 11) is 0. The van der Waals surface area contributed by atoms with Gasteiger partial charge in [-0.1, -0.05) is 13.8 Å². The van der Waals surface area contributed by atoms with E-state index in [9.17, 15) is 0 Å². The highest BCUT2D eigenvalue weighted by Crippen LogP contribution is 2.23. The minimum atomic E-state index is 0.323. The quantitative estimate of drug-likeness (QED) is 0.843. The molecule has 0 radical (unpaired) electrons. The molecule has 28 heavy (non-hydrogen) atoms. The van der Waals surface area contributed by atoms with E-state index in [1.165, 1.54) is 0 Å². The standard InChI is InChI=1S/C20H29N7O/c1-15(2)20-21-6-5-17(25-20)24-16-4-3-7-27(13-16)19-12-18(22-14-23-19)26-8-10-28-11-9-26/h5-6,12,14-16H,3-4,7-11,13H2,1-2H3,(H,21,24,25). The Hall–Kier alpha value is -2.48. The third kappa shape index (κ3) is 4.49. The minimum Gasteiger partial charge on any atom is -0.378 e. The molecule has 2 aromatic rings. The number of ether oxygens (including phenoxy) is 1. The van der Waals surface area contributed by atoms with Crippen LogP contribution >= 0.6 is 0 Å². The van der Waals surface area contributed by atoms with Crippen molar-refractivity contribution in [2.45, 2.75) is 38.6 Å². The van der Waals surface area contributed by atoms with Crippen LogP contribution in [0, 0.1) is 0 Å². The monoisotopic (exact) mass is 383 g/mol. The van der Waals surface area contributed by atoms with Crippen molar-refractivity contribution < 1.29 is 4.74 Å². The normalized spacial score (nSPS) is 20.5. The van der Waals surface area contributed by atoms with Gasteiger partial charge < -0.3 is 19.9 Å². The van der Waals surface area contributed by atoms with Gasteiger partial charge in [0.05, 0.1) is 13.2 Å². The van der Waals surface area contributed by atoms with Gasteiger partial charge in [0.2, 0.25) is 0 Å². The first-order chi connectivity index (χ1) is 13.7.